The number of aromatic nitrogens is 1. The zero-order valence-electron chi connectivity index (χ0n) is 17.0. The van der Waals surface area contributed by atoms with E-state index in [-0.39, 0.29) is 24.0 Å². The van der Waals surface area contributed by atoms with E-state index in [1.54, 1.807) is 32.7 Å². The van der Waals surface area contributed by atoms with E-state index >= 15 is 0 Å². The maximum atomic E-state index is 5.47. The molecule has 0 saturated carbocycles. The van der Waals surface area contributed by atoms with Gasteiger partial charge in [-0.3, -0.25) is 0 Å². The van der Waals surface area contributed by atoms with Gasteiger partial charge in [-0.25, -0.2) is 9.98 Å². The lowest BCUT2D eigenvalue weighted by Crippen LogP contribution is -2.38. The topological polar surface area (TPSA) is 77.0 Å². The van der Waals surface area contributed by atoms with E-state index in [2.05, 4.69) is 26.0 Å². The zero-order valence-corrected chi connectivity index (χ0v) is 20.1. The maximum Gasteiger partial charge on any atom is 0.191 e. The Bertz CT molecular complexity index is 768. The van der Waals surface area contributed by atoms with Gasteiger partial charge in [-0.05, 0) is 19.9 Å². The molecule has 0 aliphatic rings. The molecule has 1 heterocycles. The van der Waals surface area contributed by atoms with Crippen LogP contribution in [0.25, 0.3) is 0 Å². The second-order valence-corrected chi connectivity index (χ2v) is 6.81. The van der Waals surface area contributed by atoms with Gasteiger partial charge in [0, 0.05) is 36.5 Å². The minimum Gasteiger partial charge on any atom is -0.496 e. The highest BCUT2D eigenvalue weighted by Crippen LogP contribution is 2.34. The van der Waals surface area contributed by atoms with E-state index in [4.69, 9.17) is 14.2 Å². The first-order valence-corrected chi connectivity index (χ1v) is 9.71. The number of nitrogens with zero attached hydrogens (tertiary/aromatic N) is 2. The molecule has 0 radical (unpaired) electrons. The molecule has 1 aromatic carbocycles. The molecule has 0 fully saturated rings. The molecule has 156 valence electrons. The Morgan fingerprint density at radius 3 is 2.32 bits per heavy atom. The minimum absolute atomic E-state index is 0. The first-order chi connectivity index (χ1) is 13.1. The van der Waals surface area contributed by atoms with Crippen LogP contribution in [0.15, 0.2) is 22.5 Å². The number of methoxy groups -OCH3 is 3. The molecule has 7 nitrogen and oxygen atoms in total. The highest BCUT2D eigenvalue weighted by Gasteiger charge is 2.12. The monoisotopic (exact) mass is 520 g/mol. The first-order valence-electron chi connectivity index (χ1n) is 8.83. The van der Waals surface area contributed by atoms with Gasteiger partial charge in [0.1, 0.15) is 5.75 Å². The van der Waals surface area contributed by atoms with Crippen molar-refractivity contribution >= 4 is 41.3 Å². The number of hydrogen-bond acceptors (Lipinski definition) is 6. The van der Waals surface area contributed by atoms with E-state index in [1.807, 2.05) is 26.0 Å². The average Bonchev–Trinajstić information content (AvgIpc) is 3.10. The third-order valence-electron chi connectivity index (χ3n) is 3.88. The van der Waals surface area contributed by atoms with Crippen LogP contribution in [0.3, 0.4) is 0 Å². The number of thiazole rings is 1. The second-order valence-electron chi connectivity index (χ2n) is 5.75. The number of ether oxygens (including phenoxy) is 3. The number of aliphatic imine (C=N–C) groups is 1. The SMILES string of the molecule is CCNC(=NCc1cc(OC)c(OC)cc1OC)NCCc1csc(C)n1.I. The first kappa shape index (κ1) is 24.3. The lowest BCUT2D eigenvalue weighted by Gasteiger charge is -2.14. The summed E-state index contributed by atoms with van der Waals surface area (Å²) in [5.74, 6) is 2.75. The maximum absolute atomic E-state index is 5.47. The second kappa shape index (κ2) is 12.7. The Morgan fingerprint density at radius 2 is 1.75 bits per heavy atom. The number of hydrogen-bond donors (Lipinski definition) is 2. The number of benzene rings is 1. The minimum atomic E-state index is 0. The highest BCUT2D eigenvalue weighted by atomic mass is 127. The van der Waals surface area contributed by atoms with Gasteiger partial charge >= 0.3 is 0 Å². The van der Waals surface area contributed by atoms with E-state index in [9.17, 15) is 0 Å². The predicted octanol–water partition coefficient (Wildman–Crippen LogP) is 3.39. The molecule has 9 heteroatoms. The third kappa shape index (κ3) is 7.01. The Kier molecular flexibility index (Phi) is 11.0. The van der Waals surface area contributed by atoms with Crippen molar-refractivity contribution in [3.8, 4) is 17.2 Å². The van der Waals surface area contributed by atoms with Crippen molar-refractivity contribution in [2.24, 2.45) is 4.99 Å². The van der Waals surface area contributed by atoms with Crippen LogP contribution in [0.2, 0.25) is 0 Å². The smallest absolute Gasteiger partial charge is 0.191 e. The summed E-state index contributed by atoms with van der Waals surface area (Å²) in [4.78, 5) is 9.14. The summed E-state index contributed by atoms with van der Waals surface area (Å²) >= 11 is 1.67. The molecule has 0 aliphatic heterocycles. The van der Waals surface area contributed by atoms with Crippen LogP contribution in [-0.4, -0.2) is 45.4 Å². The lowest BCUT2D eigenvalue weighted by atomic mass is 10.1. The Labute approximate surface area is 187 Å². The molecule has 0 amide bonds. The molecule has 28 heavy (non-hydrogen) atoms. The van der Waals surface area contributed by atoms with Crippen LogP contribution in [0.4, 0.5) is 0 Å². The van der Waals surface area contributed by atoms with Crippen molar-refractivity contribution < 1.29 is 14.2 Å². The largest absolute Gasteiger partial charge is 0.496 e. The summed E-state index contributed by atoms with van der Waals surface area (Å²) < 4.78 is 16.2. The fraction of sp³-hybridized carbons (Fsp3) is 0.474. The van der Waals surface area contributed by atoms with Gasteiger partial charge in [-0.1, -0.05) is 0 Å². The van der Waals surface area contributed by atoms with Crippen LogP contribution in [0, 0.1) is 6.92 Å². The van der Waals surface area contributed by atoms with Gasteiger partial charge in [0.2, 0.25) is 0 Å². The van der Waals surface area contributed by atoms with Crippen molar-refractivity contribution in [3.63, 3.8) is 0 Å². The summed E-state index contributed by atoms with van der Waals surface area (Å²) in [5, 5.41) is 9.78. The Balaban J connectivity index is 0.00000392. The van der Waals surface area contributed by atoms with Crippen molar-refractivity contribution in [1.29, 1.82) is 0 Å². The van der Waals surface area contributed by atoms with Gasteiger partial charge in [0.05, 0.1) is 38.6 Å². The molecule has 2 aromatic rings. The number of aryl methyl sites for hydroxylation is 1. The molecule has 0 aliphatic carbocycles. The lowest BCUT2D eigenvalue weighted by molar-refractivity contribution is 0.347. The molecule has 2 N–H and O–H groups in total. The Morgan fingerprint density at radius 1 is 1.07 bits per heavy atom. The summed E-state index contributed by atoms with van der Waals surface area (Å²) in [6.07, 6.45) is 0.856. The molecule has 0 spiro atoms. The van der Waals surface area contributed by atoms with Crippen molar-refractivity contribution in [2.45, 2.75) is 26.8 Å². The number of guanidine groups is 1. The van der Waals surface area contributed by atoms with Crippen LogP contribution in [-0.2, 0) is 13.0 Å². The zero-order chi connectivity index (χ0) is 19.6. The number of rotatable bonds is 9. The Hall–Kier alpha value is -1.75. The van der Waals surface area contributed by atoms with Crippen molar-refractivity contribution in [2.75, 3.05) is 34.4 Å². The standard InChI is InChI=1S/C19H28N4O3S.HI/c1-6-20-19(21-8-7-15-12-27-13(2)23-15)22-11-14-9-17(25-4)18(26-5)10-16(14)24-3;/h9-10,12H,6-8,11H2,1-5H3,(H2,20,21,22);1H. The molecule has 0 bridgehead atoms. The van der Waals surface area contributed by atoms with Crippen LogP contribution in [0.5, 0.6) is 17.2 Å². The third-order valence-corrected chi connectivity index (χ3v) is 4.70. The van der Waals surface area contributed by atoms with Crippen LogP contribution < -0.4 is 24.8 Å². The van der Waals surface area contributed by atoms with E-state index in [1.165, 1.54) is 0 Å². The van der Waals surface area contributed by atoms with E-state index in [0.29, 0.717) is 23.8 Å². The van der Waals surface area contributed by atoms with Crippen molar-refractivity contribution in [1.82, 2.24) is 15.6 Å². The fourth-order valence-electron chi connectivity index (χ4n) is 2.55. The summed E-state index contributed by atoms with van der Waals surface area (Å²) in [6.45, 7) is 6.05. The molecular formula is C19H29IN4O3S. The summed E-state index contributed by atoms with van der Waals surface area (Å²) in [5.41, 5.74) is 2.02. The summed E-state index contributed by atoms with van der Waals surface area (Å²) in [6, 6.07) is 3.71. The average molecular weight is 520 g/mol. The van der Waals surface area contributed by atoms with E-state index < -0.39 is 0 Å². The molecule has 1 aromatic heterocycles. The quantitative estimate of drug-likeness (QED) is 0.300. The summed E-state index contributed by atoms with van der Waals surface area (Å²) in [7, 11) is 4.85. The van der Waals surface area contributed by atoms with Gasteiger partial charge < -0.3 is 24.8 Å². The van der Waals surface area contributed by atoms with Gasteiger partial charge in [0.25, 0.3) is 0 Å². The molecular weight excluding hydrogens is 491 g/mol. The van der Waals surface area contributed by atoms with Crippen molar-refractivity contribution in [3.05, 3.63) is 33.8 Å². The van der Waals surface area contributed by atoms with Crippen LogP contribution in [0.1, 0.15) is 23.2 Å². The molecule has 2 rings (SSSR count). The molecule has 0 unspecified atom stereocenters. The fourth-order valence-corrected chi connectivity index (χ4v) is 3.20. The van der Waals surface area contributed by atoms with Gasteiger partial charge in [-0.2, -0.15) is 0 Å². The highest BCUT2D eigenvalue weighted by molar-refractivity contribution is 14.0. The van der Waals surface area contributed by atoms with Gasteiger partial charge in [0.15, 0.2) is 17.5 Å². The van der Waals surface area contributed by atoms with Crippen LogP contribution >= 0.6 is 35.3 Å². The number of nitrogens with one attached hydrogen (secondary N) is 2. The predicted molar refractivity (Wildman–Crippen MR) is 125 cm³/mol. The van der Waals surface area contributed by atoms with Gasteiger partial charge in [-0.15, -0.1) is 35.3 Å². The molecule has 0 saturated heterocycles. The number of halogens is 1. The normalized spacial score (nSPS) is 10.8. The molecule has 0 atom stereocenters. The van der Waals surface area contributed by atoms with E-state index in [0.717, 1.165) is 41.7 Å².